The van der Waals surface area contributed by atoms with Crippen molar-refractivity contribution in [2.75, 3.05) is 51.9 Å². The lowest BCUT2D eigenvalue weighted by molar-refractivity contribution is -0.0786. The van der Waals surface area contributed by atoms with Gasteiger partial charge in [0.05, 0.1) is 18.8 Å². The average Bonchev–Trinajstić information content (AvgIpc) is 3.05. The number of nitrogens with one attached hydrogen (secondary N) is 1. The second-order valence-electron chi connectivity index (χ2n) is 7.63. The molecule has 3 heterocycles. The summed E-state index contributed by atoms with van der Waals surface area (Å²) in [6, 6.07) is 0.488. The smallest absolute Gasteiger partial charge is 0.289 e. The van der Waals surface area contributed by atoms with E-state index >= 15 is 0 Å². The number of likely N-dealkylation sites (N-methyl/N-ethyl adjacent to an activating group) is 1. The Morgan fingerprint density at radius 1 is 1.38 bits per heavy atom. The molecule has 8 nitrogen and oxygen atoms in total. The molecule has 0 radical (unpaired) electrons. The van der Waals surface area contributed by atoms with Gasteiger partial charge in [0.25, 0.3) is 5.91 Å². The third-order valence-corrected chi connectivity index (χ3v) is 5.49. The highest BCUT2D eigenvalue weighted by molar-refractivity contribution is 5.91. The van der Waals surface area contributed by atoms with Crippen LogP contribution in [0.4, 0.5) is 5.82 Å². The number of aryl methyl sites for hydroxylation is 1. The van der Waals surface area contributed by atoms with Gasteiger partial charge in [-0.25, -0.2) is 9.97 Å². The molecule has 2 fully saturated rings. The molecular formula is C18H29N5O3. The molecule has 0 unspecified atom stereocenters. The predicted octanol–water partition coefficient (Wildman–Crippen LogP) is 0.115. The highest BCUT2D eigenvalue weighted by Crippen LogP contribution is 2.26. The van der Waals surface area contributed by atoms with E-state index in [0.717, 1.165) is 36.6 Å². The van der Waals surface area contributed by atoms with E-state index in [1.165, 1.54) is 0 Å². The van der Waals surface area contributed by atoms with Crippen molar-refractivity contribution >= 4 is 11.7 Å². The highest BCUT2D eigenvalue weighted by atomic mass is 16.5. The van der Waals surface area contributed by atoms with Crippen molar-refractivity contribution in [3.63, 3.8) is 0 Å². The number of ether oxygens (including phenoxy) is 1. The van der Waals surface area contributed by atoms with Crippen molar-refractivity contribution in [2.24, 2.45) is 0 Å². The maximum Gasteiger partial charge on any atom is 0.289 e. The first-order chi connectivity index (χ1) is 12.3. The van der Waals surface area contributed by atoms with Gasteiger partial charge in [-0.2, -0.15) is 0 Å². The maximum atomic E-state index is 12.7. The molecular weight excluding hydrogens is 334 g/mol. The summed E-state index contributed by atoms with van der Waals surface area (Å²) in [6.45, 7) is 6.55. The minimum absolute atomic E-state index is 0.00236. The van der Waals surface area contributed by atoms with E-state index in [-0.39, 0.29) is 18.3 Å². The second-order valence-corrected chi connectivity index (χ2v) is 7.63. The van der Waals surface area contributed by atoms with Crippen molar-refractivity contribution in [1.29, 1.82) is 0 Å². The van der Waals surface area contributed by atoms with E-state index in [1.54, 1.807) is 0 Å². The Kier molecular flexibility index (Phi) is 5.45. The molecule has 0 spiro atoms. The van der Waals surface area contributed by atoms with Gasteiger partial charge in [0.2, 0.25) is 5.82 Å². The summed E-state index contributed by atoms with van der Waals surface area (Å²) in [5.74, 6) is 0.711. The molecule has 0 aliphatic carbocycles. The fraction of sp³-hybridized carbons (Fsp3) is 0.722. The third-order valence-electron chi connectivity index (χ3n) is 5.49. The molecule has 0 bridgehead atoms. The highest BCUT2D eigenvalue weighted by Gasteiger charge is 2.40. The number of amides is 1. The number of carbonyl (C=O) groups excluding carboxylic acids is 1. The number of nitrogens with zero attached hydrogens (tertiary/aromatic N) is 4. The number of carbonyl (C=O) groups is 1. The SMILES string of the molecule is Cc1nc(C(=O)NC2(CCO)COC2)nc(N2CC[C@@H](N(C)C)C2)c1C. The van der Waals surface area contributed by atoms with E-state index in [0.29, 0.717) is 25.7 Å². The summed E-state index contributed by atoms with van der Waals surface area (Å²) in [5.41, 5.74) is 1.32. The molecule has 8 heteroatoms. The summed E-state index contributed by atoms with van der Waals surface area (Å²) in [4.78, 5) is 26.2. The lowest BCUT2D eigenvalue weighted by Crippen LogP contribution is -2.62. The number of aromatic nitrogens is 2. The van der Waals surface area contributed by atoms with Crippen molar-refractivity contribution in [3.05, 3.63) is 17.1 Å². The monoisotopic (exact) mass is 363 g/mol. The molecule has 1 amide bonds. The van der Waals surface area contributed by atoms with Crippen molar-refractivity contribution in [3.8, 4) is 0 Å². The summed E-state index contributed by atoms with van der Waals surface area (Å²) in [5, 5.41) is 12.2. The summed E-state index contributed by atoms with van der Waals surface area (Å²) in [7, 11) is 4.18. The largest absolute Gasteiger partial charge is 0.396 e. The van der Waals surface area contributed by atoms with Crippen molar-refractivity contribution < 1.29 is 14.6 Å². The van der Waals surface area contributed by atoms with Gasteiger partial charge in [-0.05, 0) is 40.8 Å². The van der Waals surface area contributed by atoms with E-state index < -0.39 is 5.54 Å². The van der Waals surface area contributed by atoms with Crippen molar-refractivity contribution in [1.82, 2.24) is 20.2 Å². The zero-order chi connectivity index (χ0) is 18.9. The number of aliphatic hydroxyl groups is 1. The van der Waals surface area contributed by atoms with Crippen LogP contribution in [0.5, 0.6) is 0 Å². The summed E-state index contributed by atoms with van der Waals surface area (Å²) >= 11 is 0. The van der Waals surface area contributed by atoms with E-state index in [4.69, 9.17) is 4.74 Å². The number of anilines is 1. The predicted molar refractivity (Wildman–Crippen MR) is 98.5 cm³/mol. The molecule has 2 saturated heterocycles. The third kappa shape index (κ3) is 3.67. The second kappa shape index (κ2) is 7.46. The zero-order valence-corrected chi connectivity index (χ0v) is 16.1. The van der Waals surface area contributed by atoms with Gasteiger partial charge in [-0.3, -0.25) is 4.79 Å². The van der Waals surface area contributed by atoms with Crippen LogP contribution in [0.15, 0.2) is 0 Å². The minimum atomic E-state index is -0.502. The molecule has 0 saturated carbocycles. The number of hydrogen-bond donors (Lipinski definition) is 2. The Labute approximate surface area is 154 Å². The standard InChI is InChI=1S/C18H29N5O3/c1-12-13(2)19-15(17(25)21-18(6-8-24)10-26-11-18)20-16(12)23-7-5-14(9-23)22(3)4/h14,24H,5-11H2,1-4H3,(H,21,25)/t14-/m1/s1. The molecule has 2 N–H and O–H groups in total. The van der Waals surface area contributed by atoms with Crippen LogP contribution in [0.2, 0.25) is 0 Å². The topological polar surface area (TPSA) is 90.8 Å². The molecule has 0 aromatic carbocycles. The van der Waals surface area contributed by atoms with Crippen LogP contribution in [0.1, 0.15) is 34.7 Å². The molecule has 2 aliphatic rings. The summed E-state index contributed by atoms with van der Waals surface area (Å²) < 4.78 is 5.23. The van der Waals surface area contributed by atoms with Gasteiger partial charge in [0.15, 0.2) is 0 Å². The fourth-order valence-corrected chi connectivity index (χ4v) is 3.52. The quantitative estimate of drug-likeness (QED) is 0.741. The molecule has 1 atom stereocenters. The van der Waals surface area contributed by atoms with Crippen LogP contribution in [-0.2, 0) is 4.74 Å². The first-order valence-electron chi connectivity index (χ1n) is 9.13. The van der Waals surface area contributed by atoms with Gasteiger partial charge in [0.1, 0.15) is 5.82 Å². The molecule has 144 valence electrons. The van der Waals surface area contributed by atoms with Gasteiger partial charge in [0, 0.05) is 37.0 Å². The van der Waals surface area contributed by atoms with Gasteiger partial charge in [-0.15, -0.1) is 0 Å². The van der Waals surface area contributed by atoms with Crippen LogP contribution in [0.3, 0.4) is 0 Å². The van der Waals surface area contributed by atoms with Crippen LogP contribution < -0.4 is 10.2 Å². The van der Waals surface area contributed by atoms with Gasteiger partial charge in [-0.1, -0.05) is 0 Å². The molecule has 26 heavy (non-hydrogen) atoms. The average molecular weight is 363 g/mol. The first kappa shape index (κ1) is 19.0. The number of aliphatic hydroxyl groups excluding tert-OH is 1. The Balaban J connectivity index is 1.81. The lowest BCUT2D eigenvalue weighted by Gasteiger charge is -2.41. The van der Waals surface area contributed by atoms with Crippen LogP contribution in [0, 0.1) is 13.8 Å². The van der Waals surface area contributed by atoms with Gasteiger partial charge < -0.3 is 25.0 Å². The minimum Gasteiger partial charge on any atom is -0.396 e. The maximum absolute atomic E-state index is 12.7. The Bertz CT molecular complexity index is 675. The first-order valence-corrected chi connectivity index (χ1v) is 9.13. The molecule has 1 aromatic rings. The summed E-state index contributed by atoms with van der Waals surface area (Å²) in [6.07, 6.45) is 1.54. The van der Waals surface area contributed by atoms with Crippen LogP contribution >= 0.6 is 0 Å². The molecule has 1 aromatic heterocycles. The Morgan fingerprint density at radius 2 is 2.12 bits per heavy atom. The Morgan fingerprint density at radius 3 is 2.65 bits per heavy atom. The van der Waals surface area contributed by atoms with Crippen LogP contribution in [-0.4, -0.2) is 84.5 Å². The fourth-order valence-electron chi connectivity index (χ4n) is 3.52. The van der Waals surface area contributed by atoms with Gasteiger partial charge >= 0.3 is 0 Å². The lowest BCUT2D eigenvalue weighted by atomic mass is 9.93. The molecule has 2 aliphatic heterocycles. The molecule has 3 rings (SSSR count). The van der Waals surface area contributed by atoms with E-state index in [1.807, 2.05) is 13.8 Å². The van der Waals surface area contributed by atoms with E-state index in [9.17, 15) is 9.90 Å². The zero-order valence-electron chi connectivity index (χ0n) is 16.1. The van der Waals surface area contributed by atoms with Crippen LogP contribution in [0.25, 0.3) is 0 Å². The Hall–Kier alpha value is -1.77. The number of hydrogen-bond acceptors (Lipinski definition) is 7. The van der Waals surface area contributed by atoms with Crippen molar-refractivity contribution in [2.45, 2.75) is 38.3 Å². The number of rotatable bonds is 6. The normalized spacial score (nSPS) is 21.8. The van der Waals surface area contributed by atoms with E-state index in [2.05, 4.69) is 39.2 Å².